The van der Waals surface area contributed by atoms with Crippen LogP contribution in [0, 0.1) is 17.5 Å². The van der Waals surface area contributed by atoms with Crippen molar-refractivity contribution in [3.05, 3.63) is 40.6 Å². The lowest BCUT2D eigenvalue weighted by Gasteiger charge is -2.32. The number of amides is 1. The summed E-state index contributed by atoms with van der Waals surface area (Å²) in [5, 5.41) is 2.55. The van der Waals surface area contributed by atoms with E-state index >= 15 is 0 Å². The monoisotopic (exact) mass is 355 g/mol. The Balaban J connectivity index is 2.44. The molecule has 0 aliphatic carbocycles. The van der Waals surface area contributed by atoms with Gasteiger partial charge in [0.1, 0.15) is 5.82 Å². The third-order valence-corrected chi connectivity index (χ3v) is 4.51. The second kappa shape index (κ2) is 6.84. The maximum atomic E-state index is 14.0. The predicted molar refractivity (Wildman–Crippen MR) is 89.1 cm³/mol. The van der Waals surface area contributed by atoms with E-state index in [1.54, 1.807) is 0 Å². The first-order valence-electron chi connectivity index (χ1n) is 7.88. The smallest absolute Gasteiger partial charge is 0.400 e. The Bertz CT molecular complexity index is 703. The van der Waals surface area contributed by atoms with Crippen LogP contribution in [0.3, 0.4) is 0 Å². The van der Waals surface area contributed by atoms with Gasteiger partial charge in [0.15, 0.2) is 11.6 Å². The topological polar surface area (TPSA) is 47.6 Å². The van der Waals surface area contributed by atoms with E-state index in [0.717, 1.165) is 12.1 Å². The Morgan fingerprint density at radius 2 is 1.64 bits per heavy atom. The van der Waals surface area contributed by atoms with Crippen LogP contribution < -0.4 is 5.32 Å². The largest absolute Gasteiger partial charge is 0.492 e. The van der Waals surface area contributed by atoms with Crippen LogP contribution in [0.4, 0.5) is 13.2 Å². The number of hydrogen-bond acceptors (Lipinski definition) is 3. The molecule has 136 valence electrons. The molecule has 1 aliphatic rings. The Labute approximate surface area is 145 Å². The number of halogens is 3. The molecule has 0 spiro atoms. The van der Waals surface area contributed by atoms with E-state index in [4.69, 9.17) is 9.31 Å². The molecule has 1 aliphatic heterocycles. The molecule has 1 N–H and O–H groups in total. The molecule has 0 bridgehead atoms. The van der Waals surface area contributed by atoms with Crippen molar-refractivity contribution in [1.29, 1.82) is 0 Å². The van der Waals surface area contributed by atoms with Crippen molar-refractivity contribution in [2.24, 2.45) is 0 Å². The van der Waals surface area contributed by atoms with E-state index in [0.29, 0.717) is 6.07 Å². The van der Waals surface area contributed by atoms with Gasteiger partial charge in [-0.05, 0) is 45.3 Å². The molecule has 0 unspecified atom stereocenters. The summed E-state index contributed by atoms with van der Waals surface area (Å²) in [5.74, 6) is -3.73. The summed E-state index contributed by atoms with van der Waals surface area (Å²) in [7, 11) is -0.932. The van der Waals surface area contributed by atoms with Crippen molar-refractivity contribution in [2.45, 2.75) is 45.8 Å². The van der Waals surface area contributed by atoms with Crippen LogP contribution in [0.15, 0.2) is 17.6 Å². The van der Waals surface area contributed by atoms with Gasteiger partial charge in [-0.15, -0.1) is 0 Å². The van der Waals surface area contributed by atoms with Gasteiger partial charge >= 0.3 is 7.12 Å². The third kappa shape index (κ3) is 4.07. The molecule has 1 aromatic rings. The molecule has 1 fully saturated rings. The van der Waals surface area contributed by atoms with E-state index in [1.165, 1.54) is 6.92 Å². The molecular formula is C17H21BF3NO3. The molecule has 1 aromatic carbocycles. The zero-order valence-electron chi connectivity index (χ0n) is 14.9. The summed E-state index contributed by atoms with van der Waals surface area (Å²) >= 11 is 0. The molecule has 4 nitrogen and oxygen atoms in total. The van der Waals surface area contributed by atoms with E-state index in [2.05, 4.69) is 5.32 Å². The van der Waals surface area contributed by atoms with Gasteiger partial charge in [-0.1, -0.05) is 6.08 Å². The summed E-state index contributed by atoms with van der Waals surface area (Å²) in [5.41, 5.74) is -1.62. The average Bonchev–Trinajstić information content (AvgIpc) is 2.70. The first-order chi connectivity index (χ1) is 11.4. The maximum absolute atomic E-state index is 14.0. The average molecular weight is 355 g/mol. The highest BCUT2D eigenvalue weighted by Gasteiger charge is 2.52. The molecule has 8 heteroatoms. The summed E-state index contributed by atoms with van der Waals surface area (Å²) in [4.78, 5) is 11.2. The molecule has 25 heavy (non-hydrogen) atoms. The lowest BCUT2D eigenvalue weighted by Crippen LogP contribution is -2.41. The second-order valence-corrected chi connectivity index (χ2v) is 6.97. The number of rotatable bonds is 4. The fourth-order valence-electron chi connectivity index (χ4n) is 2.28. The third-order valence-electron chi connectivity index (χ3n) is 4.51. The van der Waals surface area contributed by atoms with Crippen LogP contribution in [0.5, 0.6) is 0 Å². The second-order valence-electron chi connectivity index (χ2n) is 6.97. The minimum atomic E-state index is -1.31. The Hall–Kier alpha value is -1.80. The van der Waals surface area contributed by atoms with E-state index in [9.17, 15) is 18.0 Å². The standard InChI is InChI=1S/C17H21BF3NO3/c1-10(23)22-9-11(18-24-16(2,3)17(4,5)25-18)8-12-13(19)6-7-14(20)15(12)21/h6-8H,9H2,1-5H3,(H,22,23). The van der Waals surface area contributed by atoms with Crippen molar-refractivity contribution >= 4 is 19.1 Å². The van der Waals surface area contributed by atoms with Crippen LogP contribution in [0.2, 0.25) is 0 Å². The minimum Gasteiger partial charge on any atom is -0.400 e. The summed E-state index contributed by atoms with van der Waals surface area (Å²) in [6.45, 7) is 8.56. The predicted octanol–water partition coefficient (Wildman–Crippen LogP) is 3.25. The van der Waals surface area contributed by atoms with Crippen molar-refractivity contribution in [1.82, 2.24) is 5.32 Å². The number of hydrogen-bond donors (Lipinski definition) is 1. The van der Waals surface area contributed by atoms with Gasteiger partial charge in [-0.3, -0.25) is 4.79 Å². The lowest BCUT2D eigenvalue weighted by molar-refractivity contribution is -0.118. The summed E-state index contributed by atoms with van der Waals surface area (Å²) in [6, 6.07) is 1.55. The quantitative estimate of drug-likeness (QED) is 0.666. The highest BCUT2D eigenvalue weighted by Crippen LogP contribution is 2.39. The molecule has 1 heterocycles. The zero-order chi connectivity index (χ0) is 19.0. The van der Waals surface area contributed by atoms with Crippen molar-refractivity contribution in [3.63, 3.8) is 0 Å². The summed E-state index contributed by atoms with van der Waals surface area (Å²) in [6.07, 6.45) is 1.12. The van der Waals surface area contributed by atoms with Crippen molar-refractivity contribution in [3.8, 4) is 0 Å². The van der Waals surface area contributed by atoms with E-state index in [-0.39, 0.29) is 17.9 Å². The number of benzene rings is 1. The van der Waals surface area contributed by atoms with Gasteiger partial charge in [-0.25, -0.2) is 13.2 Å². The molecule has 0 aromatic heterocycles. The molecule has 0 radical (unpaired) electrons. The van der Waals surface area contributed by atoms with Crippen LogP contribution in [-0.2, 0) is 14.1 Å². The normalized spacial score (nSPS) is 19.2. The minimum absolute atomic E-state index is 0.0540. The fourth-order valence-corrected chi connectivity index (χ4v) is 2.28. The van der Waals surface area contributed by atoms with Gasteiger partial charge in [0.2, 0.25) is 5.91 Å². The Morgan fingerprint density at radius 1 is 1.12 bits per heavy atom. The number of nitrogens with one attached hydrogen (secondary N) is 1. The summed E-state index contributed by atoms with van der Waals surface area (Å²) < 4.78 is 53.1. The van der Waals surface area contributed by atoms with E-state index < -0.39 is 41.3 Å². The fraction of sp³-hybridized carbons (Fsp3) is 0.471. The molecule has 2 rings (SSSR count). The zero-order valence-corrected chi connectivity index (χ0v) is 14.9. The molecular weight excluding hydrogens is 334 g/mol. The maximum Gasteiger partial charge on any atom is 0.492 e. The van der Waals surface area contributed by atoms with Crippen LogP contribution >= 0.6 is 0 Å². The van der Waals surface area contributed by atoms with Gasteiger partial charge < -0.3 is 14.6 Å². The molecule has 0 saturated carbocycles. The number of carbonyl (C=O) groups is 1. The van der Waals surface area contributed by atoms with E-state index in [1.807, 2.05) is 27.7 Å². The first kappa shape index (κ1) is 19.5. The molecule has 1 saturated heterocycles. The van der Waals surface area contributed by atoms with Crippen molar-refractivity contribution < 1.29 is 27.3 Å². The Kier molecular flexibility index (Phi) is 5.34. The Morgan fingerprint density at radius 3 is 2.16 bits per heavy atom. The van der Waals surface area contributed by atoms with Gasteiger partial charge in [-0.2, -0.15) is 0 Å². The lowest BCUT2D eigenvalue weighted by atomic mass is 9.77. The van der Waals surface area contributed by atoms with Gasteiger partial charge in [0.25, 0.3) is 0 Å². The molecule has 1 amide bonds. The SMILES string of the molecule is CC(=O)NCC(=Cc1c(F)ccc(F)c1F)B1OC(C)(C)C(C)(C)O1. The highest BCUT2D eigenvalue weighted by atomic mass is 19.2. The van der Waals surface area contributed by atoms with Gasteiger partial charge in [0.05, 0.1) is 11.2 Å². The highest BCUT2D eigenvalue weighted by molar-refractivity contribution is 6.56. The van der Waals surface area contributed by atoms with Crippen LogP contribution in [0.25, 0.3) is 6.08 Å². The number of carbonyl (C=O) groups excluding carboxylic acids is 1. The van der Waals surface area contributed by atoms with Crippen LogP contribution in [-0.4, -0.2) is 30.8 Å². The first-order valence-corrected chi connectivity index (χ1v) is 7.88. The van der Waals surface area contributed by atoms with Gasteiger partial charge in [0, 0.05) is 19.0 Å². The van der Waals surface area contributed by atoms with Crippen LogP contribution in [0.1, 0.15) is 40.2 Å². The molecule has 0 atom stereocenters. The van der Waals surface area contributed by atoms with Crippen molar-refractivity contribution in [2.75, 3.05) is 6.54 Å².